The molecule has 13 heavy (non-hydrogen) atoms. The fourth-order valence-corrected chi connectivity index (χ4v) is 1.71. The van der Waals surface area contributed by atoms with Crippen molar-refractivity contribution in [3.63, 3.8) is 0 Å². The van der Waals surface area contributed by atoms with E-state index in [0.717, 1.165) is 14.9 Å². The first kappa shape index (κ1) is 10.5. The van der Waals surface area contributed by atoms with Gasteiger partial charge in [-0.2, -0.15) is 0 Å². The minimum atomic E-state index is 0.153. The van der Waals surface area contributed by atoms with E-state index in [2.05, 4.69) is 22.6 Å². The predicted octanol–water partition coefficient (Wildman–Crippen LogP) is 2.43. The predicted molar refractivity (Wildman–Crippen MR) is 60.1 cm³/mol. The molecule has 0 unspecified atom stereocenters. The summed E-state index contributed by atoms with van der Waals surface area (Å²) in [6.07, 6.45) is 0.444. The summed E-state index contributed by atoms with van der Waals surface area (Å²) >= 11 is 2.22. The highest BCUT2D eigenvalue weighted by molar-refractivity contribution is 14.1. The van der Waals surface area contributed by atoms with Gasteiger partial charge in [0.2, 0.25) is 0 Å². The Morgan fingerprint density at radius 3 is 2.77 bits per heavy atom. The van der Waals surface area contributed by atoms with Crippen molar-refractivity contribution < 1.29 is 9.53 Å². The van der Waals surface area contributed by atoms with E-state index in [9.17, 15) is 4.79 Å². The zero-order chi connectivity index (χ0) is 9.84. The summed E-state index contributed by atoms with van der Waals surface area (Å²) in [7, 11) is 1.62. The molecule has 0 aliphatic heterocycles. The largest absolute Gasteiger partial charge is 0.496 e. The van der Waals surface area contributed by atoms with Crippen molar-refractivity contribution in [2.75, 3.05) is 7.11 Å². The Labute approximate surface area is 91.4 Å². The fraction of sp³-hybridized carbons (Fsp3) is 0.300. The highest BCUT2D eigenvalue weighted by Gasteiger charge is 2.05. The number of carbonyl (C=O) groups excluding carboxylic acids is 1. The van der Waals surface area contributed by atoms with Crippen LogP contribution in [0.4, 0.5) is 0 Å². The zero-order valence-electron chi connectivity index (χ0n) is 7.63. The van der Waals surface area contributed by atoms with Gasteiger partial charge >= 0.3 is 0 Å². The Bertz CT molecular complexity index is 321. The zero-order valence-corrected chi connectivity index (χ0v) is 9.79. The molecule has 0 atom stereocenters. The monoisotopic (exact) mass is 290 g/mol. The summed E-state index contributed by atoms with van der Waals surface area (Å²) in [4.78, 5) is 10.9. The molecule has 0 aliphatic rings. The molecule has 1 rings (SSSR count). The van der Waals surface area contributed by atoms with Crippen LogP contribution >= 0.6 is 22.6 Å². The Morgan fingerprint density at radius 1 is 1.54 bits per heavy atom. The summed E-state index contributed by atoms with van der Waals surface area (Å²) in [5.74, 6) is 0.941. The van der Waals surface area contributed by atoms with Gasteiger partial charge in [0.1, 0.15) is 11.5 Å². The van der Waals surface area contributed by atoms with Gasteiger partial charge in [-0.05, 0) is 47.7 Å². The third-order valence-electron chi connectivity index (χ3n) is 1.68. The maximum Gasteiger partial charge on any atom is 0.134 e. The number of Topliss-reactive ketones (excluding diaryl/α,β-unsaturated/α-hetero) is 1. The van der Waals surface area contributed by atoms with E-state index in [-0.39, 0.29) is 5.78 Å². The number of carbonyl (C=O) groups is 1. The molecule has 0 N–H and O–H groups in total. The topological polar surface area (TPSA) is 26.3 Å². The summed E-state index contributed by atoms with van der Waals surface area (Å²) < 4.78 is 6.27. The molecule has 0 aliphatic carbocycles. The molecule has 70 valence electrons. The van der Waals surface area contributed by atoms with Gasteiger partial charge in [0.05, 0.1) is 7.11 Å². The van der Waals surface area contributed by atoms with Crippen molar-refractivity contribution in [1.29, 1.82) is 0 Å². The quantitative estimate of drug-likeness (QED) is 0.799. The van der Waals surface area contributed by atoms with Crippen LogP contribution in [0.2, 0.25) is 0 Å². The smallest absolute Gasteiger partial charge is 0.134 e. The molecule has 3 heteroatoms. The van der Waals surface area contributed by atoms with E-state index in [1.54, 1.807) is 14.0 Å². The molecule has 0 aromatic heterocycles. The second-order valence-electron chi connectivity index (χ2n) is 2.83. The third kappa shape index (κ3) is 2.99. The first-order valence-corrected chi connectivity index (χ1v) is 5.03. The average Bonchev–Trinajstić information content (AvgIpc) is 2.03. The van der Waals surface area contributed by atoms with Crippen molar-refractivity contribution in [2.24, 2.45) is 0 Å². The minimum Gasteiger partial charge on any atom is -0.496 e. The van der Waals surface area contributed by atoms with E-state index in [1.807, 2.05) is 18.2 Å². The highest BCUT2D eigenvalue weighted by Crippen LogP contribution is 2.21. The number of halogens is 1. The van der Waals surface area contributed by atoms with Crippen molar-refractivity contribution in [3.8, 4) is 5.75 Å². The third-order valence-corrected chi connectivity index (χ3v) is 2.35. The van der Waals surface area contributed by atoms with Gasteiger partial charge in [0.25, 0.3) is 0 Å². The van der Waals surface area contributed by atoms with E-state index in [0.29, 0.717) is 6.42 Å². The maximum absolute atomic E-state index is 10.9. The number of rotatable bonds is 3. The minimum absolute atomic E-state index is 0.153. The summed E-state index contributed by atoms with van der Waals surface area (Å²) in [6, 6.07) is 5.82. The molecule has 0 bridgehead atoms. The fourth-order valence-electron chi connectivity index (χ4n) is 1.15. The first-order chi connectivity index (χ1) is 6.13. The Hall–Kier alpha value is -0.580. The highest BCUT2D eigenvalue weighted by atomic mass is 127. The molecule has 1 aromatic carbocycles. The molecule has 0 heterocycles. The summed E-state index contributed by atoms with van der Waals surface area (Å²) in [5, 5.41) is 0. The Morgan fingerprint density at radius 2 is 2.23 bits per heavy atom. The van der Waals surface area contributed by atoms with Crippen LogP contribution in [-0.2, 0) is 11.2 Å². The number of hydrogen-bond donors (Lipinski definition) is 0. The van der Waals surface area contributed by atoms with Crippen molar-refractivity contribution in [1.82, 2.24) is 0 Å². The van der Waals surface area contributed by atoms with Gasteiger partial charge < -0.3 is 4.74 Å². The molecule has 0 radical (unpaired) electrons. The van der Waals surface area contributed by atoms with Gasteiger partial charge in [-0.25, -0.2) is 0 Å². The number of hydrogen-bond acceptors (Lipinski definition) is 2. The SMILES string of the molecule is COc1ccc(I)cc1CC(C)=O. The Balaban J connectivity index is 3.01. The van der Waals surface area contributed by atoms with Crippen LogP contribution in [0.1, 0.15) is 12.5 Å². The number of ether oxygens (including phenoxy) is 1. The van der Waals surface area contributed by atoms with Crippen LogP contribution in [-0.4, -0.2) is 12.9 Å². The van der Waals surface area contributed by atoms with E-state index in [1.165, 1.54) is 0 Å². The van der Waals surface area contributed by atoms with Crippen molar-refractivity contribution in [3.05, 3.63) is 27.3 Å². The first-order valence-electron chi connectivity index (χ1n) is 3.95. The van der Waals surface area contributed by atoms with E-state index in [4.69, 9.17) is 4.74 Å². The number of methoxy groups -OCH3 is 1. The van der Waals surface area contributed by atoms with Gasteiger partial charge in [-0.15, -0.1) is 0 Å². The molecule has 0 saturated heterocycles. The van der Waals surface area contributed by atoms with Crippen LogP contribution in [0.5, 0.6) is 5.75 Å². The van der Waals surface area contributed by atoms with Crippen LogP contribution in [0.15, 0.2) is 18.2 Å². The molecule has 0 saturated carbocycles. The second-order valence-corrected chi connectivity index (χ2v) is 4.08. The lowest BCUT2D eigenvalue weighted by Crippen LogP contribution is -1.99. The standard InChI is InChI=1S/C10H11IO2/c1-7(12)5-8-6-9(11)3-4-10(8)13-2/h3-4,6H,5H2,1-2H3. The molecule has 0 spiro atoms. The van der Waals surface area contributed by atoms with Gasteiger partial charge in [0.15, 0.2) is 0 Å². The van der Waals surface area contributed by atoms with Gasteiger partial charge in [-0.1, -0.05) is 0 Å². The molecule has 0 amide bonds. The van der Waals surface area contributed by atoms with Gasteiger partial charge in [0, 0.05) is 15.6 Å². The second kappa shape index (κ2) is 4.60. The lowest BCUT2D eigenvalue weighted by atomic mass is 10.1. The molecule has 0 fully saturated rings. The van der Waals surface area contributed by atoms with E-state index >= 15 is 0 Å². The lowest BCUT2D eigenvalue weighted by Gasteiger charge is -2.06. The molecular formula is C10H11IO2. The maximum atomic E-state index is 10.9. The number of ketones is 1. The normalized spacial score (nSPS) is 9.77. The average molecular weight is 290 g/mol. The van der Waals surface area contributed by atoms with Gasteiger partial charge in [-0.3, -0.25) is 4.79 Å². The van der Waals surface area contributed by atoms with Crippen LogP contribution in [0.25, 0.3) is 0 Å². The van der Waals surface area contributed by atoms with Crippen LogP contribution in [0, 0.1) is 3.57 Å². The molecule has 1 aromatic rings. The van der Waals surface area contributed by atoms with E-state index < -0.39 is 0 Å². The van der Waals surface area contributed by atoms with Crippen LogP contribution in [0.3, 0.4) is 0 Å². The molecular weight excluding hydrogens is 279 g/mol. The number of benzene rings is 1. The van der Waals surface area contributed by atoms with Crippen LogP contribution < -0.4 is 4.74 Å². The lowest BCUT2D eigenvalue weighted by molar-refractivity contribution is -0.116. The summed E-state index contributed by atoms with van der Waals surface area (Å²) in [5.41, 5.74) is 0.960. The summed E-state index contributed by atoms with van der Waals surface area (Å²) in [6.45, 7) is 1.58. The molecule has 2 nitrogen and oxygen atoms in total. The van der Waals surface area contributed by atoms with Crippen molar-refractivity contribution in [2.45, 2.75) is 13.3 Å². The van der Waals surface area contributed by atoms with Crippen molar-refractivity contribution >= 4 is 28.4 Å². The Kier molecular flexibility index (Phi) is 3.71.